The SMILES string of the molecule is COc1cccc(/C(=N\N)Nc2c(Cl)cccc2Cl)n1. The predicted octanol–water partition coefficient (Wildman–Crippen LogP) is 3.13. The molecule has 2 rings (SSSR count). The van der Waals surface area contributed by atoms with Crippen molar-refractivity contribution < 1.29 is 4.74 Å². The lowest BCUT2D eigenvalue weighted by molar-refractivity contribution is 0.397. The summed E-state index contributed by atoms with van der Waals surface area (Å²) >= 11 is 12.2. The highest BCUT2D eigenvalue weighted by Gasteiger charge is 2.11. The molecule has 0 radical (unpaired) electrons. The normalized spacial score (nSPS) is 11.2. The summed E-state index contributed by atoms with van der Waals surface area (Å²) < 4.78 is 5.06. The van der Waals surface area contributed by atoms with Crippen molar-refractivity contribution in [2.75, 3.05) is 12.4 Å². The minimum absolute atomic E-state index is 0.332. The van der Waals surface area contributed by atoms with Crippen molar-refractivity contribution in [2.45, 2.75) is 0 Å². The zero-order valence-electron chi connectivity index (χ0n) is 10.6. The lowest BCUT2D eigenvalue weighted by atomic mass is 10.2. The standard InChI is InChI=1S/C13H12Cl2N4O/c1-20-11-7-3-6-10(17-11)13(19-16)18-12-8(14)4-2-5-9(12)15/h2-7H,16H2,1H3,(H,18,19). The second-order valence-electron chi connectivity index (χ2n) is 3.76. The summed E-state index contributed by atoms with van der Waals surface area (Å²) in [6.07, 6.45) is 0. The molecule has 7 heteroatoms. The number of nitrogens with one attached hydrogen (secondary N) is 1. The Hall–Kier alpha value is -1.98. The van der Waals surface area contributed by atoms with E-state index in [1.165, 1.54) is 7.11 Å². The van der Waals surface area contributed by atoms with Crippen molar-refractivity contribution in [2.24, 2.45) is 10.9 Å². The summed E-state index contributed by atoms with van der Waals surface area (Å²) in [4.78, 5) is 4.24. The van der Waals surface area contributed by atoms with Gasteiger partial charge in [-0.15, -0.1) is 0 Å². The highest BCUT2D eigenvalue weighted by Crippen LogP contribution is 2.30. The highest BCUT2D eigenvalue weighted by atomic mass is 35.5. The largest absolute Gasteiger partial charge is 0.481 e. The second-order valence-corrected chi connectivity index (χ2v) is 4.58. The summed E-state index contributed by atoms with van der Waals surface area (Å²) in [6, 6.07) is 10.4. The summed E-state index contributed by atoms with van der Waals surface area (Å²) in [5, 5.41) is 7.58. The molecule has 2 aromatic rings. The fraction of sp³-hybridized carbons (Fsp3) is 0.0769. The second kappa shape index (κ2) is 6.45. The van der Waals surface area contributed by atoms with Gasteiger partial charge in [0, 0.05) is 6.07 Å². The van der Waals surface area contributed by atoms with Gasteiger partial charge >= 0.3 is 0 Å². The third kappa shape index (κ3) is 3.12. The Bertz CT molecular complexity index is 626. The van der Waals surface area contributed by atoms with Gasteiger partial charge in [0.1, 0.15) is 5.69 Å². The minimum atomic E-state index is 0.332. The molecule has 0 aliphatic heterocycles. The van der Waals surface area contributed by atoms with Crippen molar-refractivity contribution in [3.8, 4) is 5.88 Å². The van der Waals surface area contributed by atoms with E-state index in [0.29, 0.717) is 33.1 Å². The van der Waals surface area contributed by atoms with Crippen LogP contribution in [0.25, 0.3) is 0 Å². The molecule has 0 aliphatic rings. The summed E-state index contributed by atoms with van der Waals surface area (Å²) in [5.41, 5.74) is 1.03. The molecule has 1 heterocycles. The van der Waals surface area contributed by atoms with Crippen LogP contribution in [-0.2, 0) is 0 Å². The Morgan fingerprint density at radius 3 is 2.45 bits per heavy atom. The van der Waals surface area contributed by atoms with E-state index < -0.39 is 0 Å². The molecule has 0 aliphatic carbocycles. The van der Waals surface area contributed by atoms with Gasteiger partial charge in [-0.1, -0.05) is 35.3 Å². The molecule has 0 saturated heterocycles. The fourth-order valence-electron chi connectivity index (χ4n) is 1.56. The third-order valence-corrected chi connectivity index (χ3v) is 3.14. The van der Waals surface area contributed by atoms with Crippen molar-refractivity contribution in [3.05, 3.63) is 52.1 Å². The molecule has 0 unspecified atom stereocenters. The molecule has 0 fully saturated rings. The molecule has 1 aromatic carbocycles. The van der Waals surface area contributed by atoms with Gasteiger partial charge < -0.3 is 15.9 Å². The van der Waals surface area contributed by atoms with Crippen molar-refractivity contribution >= 4 is 34.7 Å². The third-order valence-electron chi connectivity index (χ3n) is 2.51. The number of anilines is 1. The predicted molar refractivity (Wildman–Crippen MR) is 81.6 cm³/mol. The van der Waals surface area contributed by atoms with Crippen LogP contribution in [-0.4, -0.2) is 17.9 Å². The zero-order valence-corrected chi connectivity index (χ0v) is 12.1. The first-order valence-electron chi connectivity index (χ1n) is 5.66. The van der Waals surface area contributed by atoms with E-state index in [0.717, 1.165) is 0 Å². The first kappa shape index (κ1) is 14.4. The fourth-order valence-corrected chi connectivity index (χ4v) is 2.05. The topological polar surface area (TPSA) is 72.5 Å². The number of nitrogens with two attached hydrogens (primary N) is 1. The lowest BCUT2D eigenvalue weighted by Gasteiger charge is -2.12. The maximum absolute atomic E-state index is 6.09. The van der Waals surface area contributed by atoms with Gasteiger partial charge in [-0.3, -0.25) is 0 Å². The number of pyridine rings is 1. The molecule has 104 valence electrons. The molecule has 1 aromatic heterocycles. The number of hydrogen-bond acceptors (Lipinski definition) is 4. The van der Waals surface area contributed by atoms with E-state index in [1.54, 1.807) is 36.4 Å². The number of benzene rings is 1. The van der Waals surface area contributed by atoms with E-state index in [9.17, 15) is 0 Å². The molecule has 0 atom stereocenters. The molecular weight excluding hydrogens is 299 g/mol. The van der Waals surface area contributed by atoms with Gasteiger partial charge in [-0.05, 0) is 18.2 Å². The van der Waals surface area contributed by atoms with Crippen LogP contribution >= 0.6 is 23.2 Å². The van der Waals surface area contributed by atoms with Crippen LogP contribution in [0.5, 0.6) is 5.88 Å². The van der Waals surface area contributed by atoms with Crippen molar-refractivity contribution in [1.82, 2.24) is 4.98 Å². The van der Waals surface area contributed by atoms with Gasteiger partial charge in [0.15, 0.2) is 5.84 Å². The molecule has 0 spiro atoms. The summed E-state index contributed by atoms with van der Waals surface area (Å²) in [7, 11) is 1.53. The van der Waals surface area contributed by atoms with Crippen molar-refractivity contribution in [3.63, 3.8) is 0 Å². The number of hydrazone groups is 1. The number of methoxy groups -OCH3 is 1. The highest BCUT2D eigenvalue weighted by molar-refractivity contribution is 6.40. The number of halogens is 2. The van der Waals surface area contributed by atoms with Gasteiger partial charge in [-0.2, -0.15) is 5.10 Å². The first-order valence-corrected chi connectivity index (χ1v) is 6.41. The van der Waals surface area contributed by atoms with E-state index in [2.05, 4.69) is 15.4 Å². The molecule has 0 bridgehead atoms. The number of para-hydroxylation sites is 1. The monoisotopic (exact) mass is 310 g/mol. The Labute approximate surface area is 126 Å². The number of amidine groups is 1. The van der Waals surface area contributed by atoms with E-state index in [1.807, 2.05) is 0 Å². The smallest absolute Gasteiger partial charge is 0.213 e. The average molecular weight is 311 g/mol. The molecule has 0 amide bonds. The number of rotatable bonds is 3. The van der Waals surface area contributed by atoms with Crippen LogP contribution in [0.2, 0.25) is 10.0 Å². The van der Waals surface area contributed by atoms with Gasteiger partial charge in [0.25, 0.3) is 0 Å². The minimum Gasteiger partial charge on any atom is -0.481 e. The van der Waals surface area contributed by atoms with Gasteiger partial charge in [0.2, 0.25) is 5.88 Å². The zero-order chi connectivity index (χ0) is 14.5. The Morgan fingerprint density at radius 2 is 1.85 bits per heavy atom. The van der Waals surface area contributed by atoms with Crippen LogP contribution < -0.4 is 15.9 Å². The Morgan fingerprint density at radius 1 is 1.20 bits per heavy atom. The molecule has 3 N–H and O–H groups in total. The van der Waals surface area contributed by atoms with Crippen LogP contribution in [0.1, 0.15) is 5.69 Å². The van der Waals surface area contributed by atoms with E-state index in [-0.39, 0.29) is 0 Å². The van der Waals surface area contributed by atoms with E-state index in [4.69, 9.17) is 33.8 Å². The molecule has 5 nitrogen and oxygen atoms in total. The average Bonchev–Trinajstić information content (AvgIpc) is 2.47. The maximum Gasteiger partial charge on any atom is 0.213 e. The van der Waals surface area contributed by atoms with Gasteiger partial charge in [0.05, 0.1) is 22.8 Å². The Balaban J connectivity index is 2.34. The number of hydrogen-bond donors (Lipinski definition) is 2. The van der Waals surface area contributed by atoms with Gasteiger partial charge in [-0.25, -0.2) is 4.98 Å². The number of nitrogens with zero attached hydrogens (tertiary/aromatic N) is 2. The molecular formula is C13H12Cl2N4O. The quantitative estimate of drug-likeness (QED) is 0.395. The number of aromatic nitrogens is 1. The first-order chi connectivity index (χ1) is 9.65. The maximum atomic E-state index is 6.09. The van der Waals surface area contributed by atoms with Crippen LogP contribution in [0.4, 0.5) is 5.69 Å². The molecule has 20 heavy (non-hydrogen) atoms. The van der Waals surface area contributed by atoms with Crippen LogP contribution in [0, 0.1) is 0 Å². The Kier molecular flexibility index (Phi) is 4.65. The summed E-state index contributed by atoms with van der Waals surface area (Å²) in [5.74, 6) is 6.19. The number of ether oxygens (including phenoxy) is 1. The van der Waals surface area contributed by atoms with Crippen molar-refractivity contribution in [1.29, 1.82) is 0 Å². The molecule has 0 saturated carbocycles. The lowest BCUT2D eigenvalue weighted by Crippen LogP contribution is -2.18. The van der Waals surface area contributed by atoms with Crippen LogP contribution in [0.3, 0.4) is 0 Å². The van der Waals surface area contributed by atoms with E-state index >= 15 is 0 Å². The van der Waals surface area contributed by atoms with Crippen LogP contribution in [0.15, 0.2) is 41.5 Å². The summed E-state index contributed by atoms with van der Waals surface area (Å²) in [6.45, 7) is 0.